The minimum absolute atomic E-state index is 0.511. The van der Waals surface area contributed by atoms with Crippen LogP contribution in [0.2, 0.25) is 0 Å². The molecule has 0 fully saturated rings. The Labute approximate surface area is 118 Å². The Morgan fingerprint density at radius 3 is 2.53 bits per heavy atom. The van der Waals surface area contributed by atoms with Gasteiger partial charge in [-0.25, -0.2) is 0 Å². The lowest BCUT2D eigenvalue weighted by Crippen LogP contribution is -2.47. The van der Waals surface area contributed by atoms with E-state index in [0.29, 0.717) is 12.4 Å². The Morgan fingerprint density at radius 1 is 1.42 bits per heavy atom. The van der Waals surface area contributed by atoms with Crippen LogP contribution in [0.3, 0.4) is 0 Å². The van der Waals surface area contributed by atoms with Crippen molar-refractivity contribution in [3.8, 4) is 5.75 Å². The molecule has 0 radical (unpaired) electrons. The van der Waals surface area contributed by atoms with Gasteiger partial charge in [0.25, 0.3) is 0 Å². The normalized spacial score (nSPS) is 13.1. The van der Waals surface area contributed by atoms with Gasteiger partial charge in [-0.3, -0.25) is 4.79 Å². The number of thioether (sulfide) groups is 1. The van der Waals surface area contributed by atoms with Gasteiger partial charge in [0.1, 0.15) is 11.8 Å². The topological polar surface area (TPSA) is 72.5 Å². The predicted octanol–water partition coefficient (Wildman–Crippen LogP) is 2.30. The molecule has 1 aromatic rings. The first-order valence-electron chi connectivity index (χ1n) is 6.15. The largest absolute Gasteiger partial charge is 0.493 e. The fourth-order valence-corrected chi connectivity index (χ4v) is 2.46. The second kappa shape index (κ2) is 6.82. The van der Waals surface area contributed by atoms with Crippen LogP contribution in [0, 0.1) is 6.92 Å². The lowest BCUT2D eigenvalue weighted by atomic mass is 10.1. The zero-order valence-electron chi connectivity index (χ0n) is 11.6. The number of hydrogen-bond acceptors (Lipinski definition) is 4. The maximum atomic E-state index is 10.9. The number of rotatable bonds is 7. The van der Waals surface area contributed by atoms with Crippen molar-refractivity contribution in [2.24, 2.45) is 5.73 Å². The second-order valence-corrected chi connectivity index (χ2v) is 6.68. The van der Waals surface area contributed by atoms with Gasteiger partial charge in [-0.15, -0.1) is 11.8 Å². The summed E-state index contributed by atoms with van der Waals surface area (Å²) < 4.78 is 5.08. The van der Waals surface area contributed by atoms with Gasteiger partial charge >= 0.3 is 5.97 Å². The zero-order valence-corrected chi connectivity index (χ0v) is 12.4. The maximum Gasteiger partial charge on any atom is 0.321 e. The number of carbonyl (C=O) groups is 1. The van der Waals surface area contributed by atoms with Crippen molar-refractivity contribution < 1.29 is 14.6 Å². The maximum absolute atomic E-state index is 10.9. The molecule has 0 bridgehead atoms. The molecule has 0 aliphatic rings. The summed E-state index contributed by atoms with van der Waals surface area (Å²) in [5.74, 6) is 0.547. The van der Waals surface area contributed by atoms with E-state index in [1.54, 1.807) is 0 Å². The summed E-state index contributed by atoms with van der Waals surface area (Å²) in [6.45, 7) is 6.23. The molecule has 4 nitrogen and oxygen atoms in total. The number of hydrogen-bond donors (Lipinski definition) is 2. The third kappa shape index (κ3) is 5.12. The van der Waals surface area contributed by atoms with E-state index in [-0.39, 0.29) is 0 Å². The number of benzene rings is 1. The molecule has 1 rings (SSSR count). The lowest BCUT2D eigenvalue weighted by Gasteiger charge is -2.27. The van der Waals surface area contributed by atoms with E-state index in [1.807, 2.05) is 45.0 Å². The first kappa shape index (κ1) is 15.9. The van der Waals surface area contributed by atoms with Crippen LogP contribution in [-0.2, 0) is 4.79 Å². The first-order valence-corrected chi connectivity index (χ1v) is 7.13. The summed E-state index contributed by atoms with van der Waals surface area (Å²) in [6.07, 6.45) is 0. The van der Waals surface area contributed by atoms with E-state index in [9.17, 15) is 4.79 Å². The van der Waals surface area contributed by atoms with Gasteiger partial charge in [0.05, 0.1) is 6.61 Å². The van der Waals surface area contributed by atoms with Crippen molar-refractivity contribution in [2.75, 3.05) is 12.4 Å². The number of nitrogens with two attached hydrogens (primary N) is 1. The molecular formula is C14H21NO3S. The smallest absolute Gasteiger partial charge is 0.321 e. The molecule has 0 unspecified atom stereocenters. The number of ether oxygens (including phenoxy) is 1. The average Bonchev–Trinajstić information content (AvgIpc) is 2.35. The highest BCUT2D eigenvalue weighted by Gasteiger charge is 2.32. The summed E-state index contributed by atoms with van der Waals surface area (Å²) in [5, 5.41) is 8.91. The van der Waals surface area contributed by atoms with Gasteiger partial charge in [-0.2, -0.15) is 0 Å². The first-order chi connectivity index (χ1) is 8.83. The van der Waals surface area contributed by atoms with Crippen LogP contribution in [0.5, 0.6) is 5.75 Å². The summed E-state index contributed by atoms with van der Waals surface area (Å²) in [7, 11) is 0. The van der Waals surface area contributed by atoms with Crippen LogP contribution in [0.25, 0.3) is 0 Å². The second-order valence-electron chi connectivity index (χ2n) is 4.93. The van der Waals surface area contributed by atoms with Crippen LogP contribution in [0.1, 0.15) is 19.4 Å². The summed E-state index contributed by atoms with van der Waals surface area (Å²) in [6, 6.07) is 6.96. The Kier molecular flexibility index (Phi) is 5.69. The molecule has 0 aromatic heterocycles. The van der Waals surface area contributed by atoms with Gasteiger partial charge in [-0.1, -0.05) is 17.7 Å². The monoisotopic (exact) mass is 283 g/mol. The Bertz CT molecular complexity index is 417. The average molecular weight is 283 g/mol. The van der Waals surface area contributed by atoms with Crippen molar-refractivity contribution in [3.63, 3.8) is 0 Å². The molecule has 0 saturated heterocycles. The number of aliphatic carboxylic acids is 1. The minimum atomic E-state index is -0.975. The Hall–Kier alpha value is -1.20. The van der Waals surface area contributed by atoms with Crippen molar-refractivity contribution in [1.82, 2.24) is 0 Å². The van der Waals surface area contributed by atoms with E-state index in [1.165, 1.54) is 17.3 Å². The fraction of sp³-hybridized carbons (Fsp3) is 0.500. The van der Waals surface area contributed by atoms with Crippen molar-refractivity contribution >= 4 is 17.7 Å². The van der Waals surface area contributed by atoms with Gasteiger partial charge in [0.2, 0.25) is 0 Å². The summed E-state index contributed by atoms with van der Waals surface area (Å²) in [4.78, 5) is 10.9. The molecular weight excluding hydrogens is 262 g/mol. The van der Waals surface area contributed by atoms with Crippen LogP contribution in [-0.4, -0.2) is 34.2 Å². The summed E-state index contributed by atoms with van der Waals surface area (Å²) in [5.41, 5.74) is 6.83. The van der Waals surface area contributed by atoms with Crippen molar-refractivity contribution in [2.45, 2.75) is 31.6 Å². The number of carboxylic acids is 1. The fourth-order valence-electron chi connectivity index (χ4n) is 1.49. The van der Waals surface area contributed by atoms with Gasteiger partial charge < -0.3 is 15.6 Å². The number of carboxylic acid groups (broad SMARTS) is 1. The van der Waals surface area contributed by atoms with Crippen molar-refractivity contribution in [1.29, 1.82) is 0 Å². The molecule has 3 N–H and O–H groups in total. The SMILES string of the molecule is Cc1ccc(OCCSC(C)(C)[C@@H](N)C(=O)O)cc1. The van der Waals surface area contributed by atoms with E-state index < -0.39 is 16.8 Å². The third-order valence-corrected chi connectivity index (χ3v) is 4.23. The third-order valence-electron chi connectivity index (χ3n) is 2.86. The standard InChI is InChI=1S/C14H21NO3S/c1-10-4-6-11(7-5-10)18-8-9-19-14(2,3)12(15)13(16)17/h4-7,12H,8-9,15H2,1-3H3,(H,16,17)/t12-/m0/s1. The van der Waals surface area contributed by atoms with Crippen LogP contribution < -0.4 is 10.5 Å². The van der Waals surface area contributed by atoms with E-state index in [2.05, 4.69) is 0 Å². The van der Waals surface area contributed by atoms with E-state index >= 15 is 0 Å². The molecule has 0 heterocycles. The quantitative estimate of drug-likeness (QED) is 0.751. The molecule has 0 spiro atoms. The molecule has 1 aromatic carbocycles. The minimum Gasteiger partial charge on any atom is -0.493 e. The van der Waals surface area contributed by atoms with Gasteiger partial charge in [0, 0.05) is 10.5 Å². The van der Waals surface area contributed by atoms with E-state index in [0.717, 1.165) is 5.75 Å². The Balaban J connectivity index is 2.34. The molecule has 1 atom stereocenters. The number of aryl methyl sites for hydroxylation is 1. The molecule has 106 valence electrons. The van der Waals surface area contributed by atoms with Crippen LogP contribution in [0.4, 0.5) is 0 Å². The van der Waals surface area contributed by atoms with E-state index in [4.69, 9.17) is 15.6 Å². The molecule has 0 amide bonds. The molecule has 0 aliphatic heterocycles. The highest BCUT2D eigenvalue weighted by atomic mass is 32.2. The predicted molar refractivity (Wildman–Crippen MR) is 78.8 cm³/mol. The van der Waals surface area contributed by atoms with Crippen molar-refractivity contribution in [3.05, 3.63) is 29.8 Å². The van der Waals surface area contributed by atoms with Crippen LogP contribution in [0.15, 0.2) is 24.3 Å². The molecule has 5 heteroatoms. The highest BCUT2D eigenvalue weighted by molar-refractivity contribution is 8.00. The zero-order chi connectivity index (χ0) is 14.5. The highest BCUT2D eigenvalue weighted by Crippen LogP contribution is 2.27. The molecule has 0 aliphatic carbocycles. The van der Waals surface area contributed by atoms with Gasteiger partial charge in [-0.05, 0) is 32.9 Å². The summed E-state index contributed by atoms with van der Waals surface area (Å²) >= 11 is 1.51. The van der Waals surface area contributed by atoms with Crippen LogP contribution >= 0.6 is 11.8 Å². The van der Waals surface area contributed by atoms with Gasteiger partial charge in [0.15, 0.2) is 0 Å². The lowest BCUT2D eigenvalue weighted by molar-refractivity contribution is -0.139. The molecule has 0 saturated carbocycles. The Morgan fingerprint density at radius 2 is 2.00 bits per heavy atom. The molecule has 19 heavy (non-hydrogen) atoms.